The van der Waals surface area contributed by atoms with Crippen LogP contribution in [0.1, 0.15) is 50.2 Å². The van der Waals surface area contributed by atoms with Gasteiger partial charge in [0.1, 0.15) is 17.2 Å². The molecule has 0 heterocycles. The second-order valence-electron chi connectivity index (χ2n) is 10.1. The number of aromatic hydroxyl groups is 1. The highest BCUT2D eigenvalue weighted by Gasteiger charge is 2.14. The highest BCUT2D eigenvalue weighted by atomic mass is 19.1. The Labute approximate surface area is 246 Å². The lowest BCUT2D eigenvalue weighted by molar-refractivity contribution is -0.137. The molecule has 0 bridgehead atoms. The van der Waals surface area contributed by atoms with Crippen LogP contribution in [0.25, 0.3) is 11.1 Å². The number of benzene rings is 3. The summed E-state index contributed by atoms with van der Waals surface area (Å²) >= 11 is 0. The zero-order valence-electron chi connectivity index (χ0n) is 24.5. The molecule has 0 radical (unpaired) electrons. The van der Waals surface area contributed by atoms with Crippen LogP contribution in [0.4, 0.5) is 4.39 Å². The number of phenolic OH excluding ortho intramolecular Hbond substituents is 1. The van der Waals surface area contributed by atoms with E-state index in [1.165, 1.54) is 12.1 Å². The highest BCUT2D eigenvalue weighted by Crippen LogP contribution is 2.32. The Bertz CT molecular complexity index is 1340. The maximum Gasteiger partial charge on any atom is 0.303 e. The summed E-state index contributed by atoms with van der Waals surface area (Å²) in [6, 6.07) is 15.4. The van der Waals surface area contributed by atoms with Crippen molar-refractivity contribution in [2.45, 2.75) is 51.9 Å². The van der Waals surface area contributed by atoms with E-state index in [1.54, 1.807) is 31.1 Å². The first-order chi connectivity index (χ1) is 20.2. The number of phenols is 1. The van der Waals surface area contributed by atoms with Crippen molar-refractivity contribution < 1.29 is 38.4 Å². The first kappa shape index (κ1) is 32.2. The van der Waals surface area contributed by atoms with Crippen LogP contribution in [-0.4, -0.2) is 60.9 Å². The number of halogens is 1. The summed E-state index contributed by atoms with van der Waals surface area (Å²) in [6.45, 7) is 3.22. The van der Waals surface area contributed by atoms with Gasteiger partial charge < -0.3 is 29.3 Å². The van der Waals surface area contributed by atoms with Gasteiger partial charge in [0.05, 0.1) is 19.8 Å². The molecular formula is C33H40FNO7. The third-order valence-corrected chi connectivity index (χ3v) is 6.74. The van der Waals surface area contributed by atoms with E-state index in [2.05, 4.69) is 0 Å². The van der Waals surface area contributed by atoms with Gasteiger partial charge in [0, 0.05) is 38.9 Å². The molecule has 0 fully saturated rings. The van der Waals surface area contributed by atoms with Crippen molar-refractivity contribution in [2.75, 3.05) is 33.9 Å². The molecule has 0 unspecified atom stereocenters. The monoisotopic (exact) mass is 581 g/mol. The van der Waals surface area contributed by atoms with Crippen LogP contribution in [0.3, 0.4) is 0 Å². The number of carboxylic acid groups (broad SMARTS) is 1. The molecule has 0 aliphatic rings. The molecule has 3 aromatic rings. The quantitative estimate of drug-likeness (QED) is 0.181. The third-order valence-electron chi connectivity index (χ3n) is 6.74. The van der Waals surface area contributed by atoms with Gasteiger partial charge in [0.2, 0.25) is 5.91 Å². The van der Waals surface area contributed by atoms with Crippen LogP contribution in [-0.2, 0) is 22.4 Å². The Morgan fingerprint density at radius 2 is 1.43 bits per heavy atom. The minimum absolute atomic E-state index is 0.0511. The fraction of sp³-hybridized carbons (Fsp3) is 0.394. The van der Waals surface area contributed by atoms with Crippen LogP contribution >= 0.6 is 0 Å². The molecule has 9 heteroatoms. The molecule has 2 N–H and O–H groups in total. The van der Waals surface area contributed by atoms with Crippen molar-refractivity contribution >= 4 is 11.9 Å². The van der Waals surface area contributed by atoms with Gasteiger partial charge in [-0.05, 0) is 78.8 Å². The Hall–Kier alpha value is -4.27. The first-order valence-electron chi connectivity index (χ1n) is 14.2. The molecule has 8 nitrogen and oxygen atoms in total. The number of aryl methyl sites for hydroxylation is 1. The van der Waals surface area contributed by atoms with Gasteiger partial charge in [-0.2, -0.15) is 0 Å². The number of carbonyl (C=O) groups excluding carboxylic acids is 1. The number of amides is 1. The van der Waals surface area contributed by atoms with Crippen LogP contribution in [0.2, 0.25) is 0 Å². The molecular weight excluding hydrogens is 541 g/mol. The number of hydrogen-bond acceptors (Lipinski definition) is 6. The number of nitrogens with zero attached hydrogens (tertiary/aromatic N) is 1. The van der Waals surface area contributed by atoms with Crippen molar-refractivity contribution in [1.82, 2.24) is 4.90 Å². The molecule has 3 rings (SSSR count). The van der Waals surface area contributed by atoms with Crippen molar-refractivity contribution in [2.24, 2.45) is 0 Å². The normalized spacial score (nSPS) is 10.8. The smallest absolute Gasteiger partial charge is 0.303 e. The molecule has 3 aromatic carbocycles. The third kappa shape index (κ3) is 9.68. The van der Waals surface area contributed by atoms with Crippen LogP contribution in [0.15, 0.2) is 54.6 Å². The van der Waals surface area contributed by atoms with E-state index in [-0.39, 0.29) is 24.5 Å². The number of ether oxygens (including phenoxy) is 3. The molecule has 1 amide bonds. The molecule has 0 aliphatic heterocycles. The van der Waals surface area contributed by atoms with Crippen LogP contribution in [0.5, 0.6) is 23.0 Å². The van der Waals surface area contributed by atoms with E-state index in [0.29, 0.717) is 68.1 Å². The maximum absolute atomic E-state index is 13.4. The van der Waals surface area contributed by atoms with E-state index in [1.807, 2.05) is 37.3 Å². The minimum atomic E-state index is -0.902. The second-order valence-corrected chi connectivity index (χ2v) is 10.1. The Kier molecular flexibility index (Phi) is 12.5. The van der Waals surface area contributed by atoms with Crippen LogP contribution in [0, 0.1) is 5.82 Å². The fourth-order valence-corrected chi connectivity index (χ4v) is 4.37. The standard InChI is InChI=1S/C33H40FNO7/c1-4-23-21-24(25-12-15-27(34)28(36)22-25)13-16-29(23)40-19-8-20-42-31-10-7-9-30(26(31)14-17-33(38)39)41-18-6-5-11-32(37)35(2)3/h7,9-10,12-13,15-16,21-22,36H,4-6,8,11,14,17-20H2,1-3H3,(H,38,39). The topological polar surface area (TPSA) is 106 Å². The van der Waals surface area contributed by atoms with E-state index in [9.17, 15) is 24.2 Å². The number of unbranched alkanes of at least 4 members (excludes halogenated alkanes) is 1. The molecule has 0 atom stereocenters. The molecule has 0 saturated heterocycles. The summed E-state index contributed by atoms with van der Waals surface area (Å²) < 4.78 is 31.5. The van der Waals surface area contributed by atoms with Crippen LogP contribution < -0.4 is 14.2 Å². The molecule has 0 aromatic heterocycles. The SMILES string of the molecule is CCc1cc(-c2ccc(F)c(O)c2)ccc1OCCCOc1cccc(OCCCCC(=O)N(C)C)c1CCC(=O)O. The Morgan fingerprint density at radius 1 is 0.810 bits per heavy atom. The number of hydrogen-bond donors (Lipinski definition) is 2. The summed E-state index contributed by atoms with van der Waals surface area (Å²) in [5.41, 5.74) is 3.27. The maximum atomic E-state index is 13.4. The number of carbonyl (C=O) groups is 2. The van der Waals surface area contributed by atoms with Gasteiger partial charge in [-0.1, -0.05) is 25.1 Å². The predicted octanol–water partition coefficient (Wildman–Crippen LogP) is 6.26. The van der Waals surface area contributed by atoms with Gasteiger partial charge in [0.15, 0.2) is 11.6 Å². The minimum Gasteiger partial charge on any atom is -0.505 e. The van der Waals surface area contributed by atoms with E-state index in [4.69, 9.17) is 14.2 Å². The molecule has 0 saturated carbocycles. The molecule has 0 spiro atoms. The van der Waals surface area contributed by atoms with E-state index in [0.717, 1.165) is 23.3 Å². The van der Waals surface area contributed by atoms with Gasteiger partial charge in [-0.25, -0.2) is 4.39 Å². The van der Waals surface area contributed by atoms with Crippen molar-refractivity contribution in [3.63, 3.8) is 0 Å². The number of rotatable bonds is 17. The summed E-state index contributed by atoms with van der Waals surface area (Å²) in [6.07, 6.45) is 3.41. The second kappa shape index (κ2) is 16.2. The molecule has 226 valence electrons. The lowest BCUT2D eigenvalue weighted by Crippen LogP contribution is -2.21. The van der Waals surface area contributed by atoms with Crippen molar-refractivity contribution in [1.29, 1.82) is 0 Å². The Balaban J connectivity index is 1.55. The summed E-state index contributed by atoms with van der Waals surface area (Å²) in [5, 5.41) is 19.0. The van der Waals surface area contributed by atoms with Crippen molar-refractivity contribution in [3.05, 3.63) is 71.5 Å². The largest absolute Gasteiger partial charge is 0.505 e. The van der Waals surface area contributed by atoms with Gasteiger partial charge in [-0.15, -0.1) is 0 Å². The average molecular weight is 582 g/mol. The molecule has 0 aliphatic carbocycles. The lowest BCUT2D eigenvalue weighted by Gasteiger charge is -2.17. The predicted molar refractivity (Wildman–Crippen MR) is 159 cm³/mol. The first-order valence-corrected chi connectivity index (χ1v) is 14.2. The number of carboxylic acids is 1. The highest BCUT2D eigenvalue weighted by molar-refractivity contribution is 5.75. The summed E-state index contributed by atoms with van der Waals surface area (Å²) in [7, 11) is 3.46. The lowest BCUT2D eigenvalue weighted by atomic mass is 10.0. The van der Waals surface area contributed by atoms with Gasteiger partial charge >= 0.3 is 5.97 Å². The Morgan fingerprint density at radius 3 is 2.05 bits per heavy atom. The number of aliphatic carboxylic acids is 1. The zero-order valence-corrected chi connectivity index (χ0v) is 24.5. The van der Waals surface area contributed by atoms with Gasteiger partial charge in [-0.3, -0.25) is 9.59 Å². The average Bonchev–Trinajstić information content (AvgIpc) is 2.97. The summed E-state index contributed by atoms with van der Waals surface area (Å²) in [5.74, 6) is 0.0457. The zero-order chi connectivity index (χ0) is 30.5. The molecule has 42 heavy (non-hydrogen) atoms. The van der Waals surface area contributed by atoms with Gasteiger partial charge in [0.25, 0.3) is 0 Å². The van der Waals surface area contributed by atoms with E-state index < -0.39 is 11.8 Å². The fourth-order valence-electron chi connectivity index (χ4n) is 4.37. The summed E-state index contributed by atoms with van der Waals surface area (Å²) in [4.78, 5) is 24.6. The van der Waals surface area contributed by atoms with E-state index >= 15 is 0 Å². The van der Waals surface area contributed by atoms with Crippen molar-refractivity contribution in [3.8, 4) is 34.1 Å².